The van der Waals surface area contributed by atoms with E-state index in [1.54, 1.807) is 45.0 Å². The van der Waals surface area contributed by atoms with Crippen LogP contribution in [0.1, 0.15) is 59.6 Å². The molecule has 1 unspecified atom stereocenters. The van der Waals surface area contributed by atoms with Crippen molar-refractivity contribution in [1.29, 1.82) is 0 Å². The van der Waals surface area contributed by atoms with E-state index in [0.29, 0.717) is 5.56 Å². The van der Waals surface area contributed by atoms with E-state index in [4.69, 9.17) is 0 Å². The summed E-state index contributed by atoms with van der Waals surface area (Å²) in [4.78, 5) is 0. The lowest BCUT2D eigenvalue weighted by molar-refractivity contribution is -0.213. The summed E-state index contributed by atoms with van der Waals surface area (Å²) in [5.41, 5.74) is 0.684. The Balaban J connectivity index is 2.42. The van der Waals surface area contributed by atoms with Crippen LogP contribution in [0.5, 0.6) is 0 Å². The van der Waals surface area contributed by atoms with Crippen molar-refractivity contribution in [2.24, 2.45) is 5.41 Å². The van der Waals surface area contributed by atoms with Crippen LogP contribution in [0.15, 0.2) is 48.5 Å². The summed E-state index contributed by atoms with van der Waals surface area (Å²) in [6.07, 6.45) is -4.32. The molecule has 0 radical (unpaired) electrons. The van der Waals surface area contributed by atoms with Crippen molar-refractivity contribution < 1.29 is 13.2 Å². The molecular formula is C23H29F3. The number of hydrogen-bond donors (Lipinski definition) is 0. The highest BCUT2D eigenvalue weighted by molar-refractivity contribution is 5.64. The normalized spacial score (nSPS) is 15.6. The monoisotopic (exact) mass is 362 g/mol. The molecular weight excluding hydrogens is 333 g/mol. The topological polar surface area (TPSA) is 0 Å². The molecule has 2 aromatic carbocycles. The molecule has 0 aliphatic heterocycles. The van der Waals surface area contributed by atoms with Gasteiger partial charge in [0.2, 0.25) is 0 Å². The number of alkyl halides is 3. The number of benzene rings is 2. The van der Waals surface area contributed by atoms with Gasteiger partial charge in [-0.05, 0) is 40.0 Å². The van der Waals surface area contributed by atoms with Crippen molar-refractivity contribution in [3.05, 3.63) is 59.7 Å². The molecule has 0 saturated carbocycles. The molecule has 0 aromatic heterocycles. The Labute approximate surface area is 155 Å². The summed E-state index contributed by atoms with van der Waals surface area (Å²) < 4.78 is 41.6. The molecule has 0 aliphatic carbocycles. The molecule has 1 atom stereocenters. The number of hydrogen-bond acceptors (Lipinski definition) is 0. The molecule has 142 valence electrons. The van der Waals surface area contributed by atoms with Crippen molar-refractivity contribution in [2.75, 3.05) is 0 Å². The van der Waals surface area contributed by atoms with Crippen LogP contribution >= 0.6 is 0 Å². The third-order valence-corrected chi connectivity index (χ3v) is 5.61. The molecule has 2 rings (SSSR count). The second kappa shape index (κ2) is 6.44. The first kappa shape index (κ1) is 20.5. The highest BCUT2D eigenvalue weighted by atomic mass is 19.4. The summed E-state index contributed by atoms with van der Waals surface area (Å²) >= 11 is 0. The first-order chi connectivity index (χ1) is 11.7. The zero-order chi connectivity index (χ0) is 20.0. The van der Waals surface area contributed by atoms with E-state index in [0.717, 1.165) is 11.1 Å². The van der Waals surface area contributed by atoms with Gasteiger partial charge in [0.25, 0.3) is 0 Å². The van der Waals surface area contributed by atoms with Crippen LogP contribution < -0.4 is 0 Å². The molecule has 0 heterocycles. The number of halogens is 3. The quantitative estimate of drug-likeness (QED) is 0.518. The summed E-state index contributed by atoms with van der Waals surface area (Å²) in [7, 11) is 0. The van der Waals surface area contributed by atoms with Crippen molar-refractivity contribution in [2.45, 2.75) is 65.5 Å². The van der Waals surface area contributed by atoms with Gasteiger partial charge >= 0.3 is 6.18 Å². The van der Waals surface area contributed by atoms with Gasteiger partial charge in [-0.3, -0.25) is 0 Å². The maximum atomic E-state index is 13.9. The third kappa shape index (κ3) is 3.67. The largest absolute Gasteiger partial charge is 0.398 e. The average Bonchev–Trinajstić information content (AvgIpc) is 2.51. The van der Waals surface area contributed by atoms with E-state index in [-0.39, 0.29) is 5.41 Å². The Morgan fingerprint density at radius 1 is 0.538 bits per heavy atom. The molecule has 0 spiro atoms. The minimum atomic E-state index is -4.32. The van der Waals surface area contributed by atoms with Gasteiger partial charge in [-0.1, -0.05) is 90.1 Å². The first-order valence-corrected chi connectivity index (χ1v) is 8.96. The fraction of sp³-hybridized carbons (Fsp3) is 0.478. The predicted octanol–water partition coefficient (Wildman–Crippen LogP) is 7.52. The zero-order valence-corrected chi connectivity index (χ0v) is 16.8. The minimum absolute atomic E-state index is 0.0730. The molecule has 3 heteroatoms. The standard InChI is InChI=1S/C23H29F3/c1-20(2,3)18-12-8-16(9-13-18)17-10-14-19(15-11-17)22(7,21(4,5)6)23(24,25)26/h8-15H,1-7H3. The molecule has 0 saturated heterocycles. The summed E-state index contributed by atoms with van der Waals surface area (Å²) in [5.74, 6) is 0. The van der Waals surface area contributed by atoms with Crippen LogP contribution in [0, 0.1) is 5.41 Å². The summed E-state index contributed by atoms with van der Waals surface area (Å²) in [6, 6.07) is 15.0. The smallest absolute Gasteiger partial charge is 0.170 e. The van der Waals surface area contributed by atoms with E-state index in [1.807, 2.05) is 12.1 Å². The van der Waals surface area contributed by atoms with Gasteiger partial charge in [-0.15, -0.1) is 0 Å². The van der Waals surface area contributed by atoms with Gasteiger partial charge < -0.3 is 0 Å². The minimum Gasteiger partial charge on any atom is -0.170 e. The molecule has 0 amide bonds. The maximum Gasteiger partial charge on any atom is 0.398 e. The van der Waals surface area contributed by atoms with Crippen LogP contribution in [0.4, 0.5) is 13.2 Å². The lowest BCUT2D eigenvalue weighted by Gasteiger charge is -2.43. The molecule has 0 nitrogen and oxygen atoms in total. The molecule has 26 heavy (non-hydrogen) atoms. The van der Waals surface area contributed by atoms with E-state index < -0.39 is 17.0 Å². The lowest BCUT2D eigenvalue weighted by Crippen LogP contribution is -2.49. The second-order valence-electron chi connectivity index (χ2n) is 9.28. The van der Waals surface area contributed by atoms with Crippen LogP contribution in [-0.4, -0.2) is 6.18 Å². The van der Waals surface area contributed by atoms with Gasteiger partial charge in [0.15, 0.2) is 0 Å². The second-order valence-corrected chi connectivity index (χ2v) is 9.28. The molecule has 0 bridgehead atoms. The van der Waals surface area contributed by atoms with Gasteiger partial charge in [-0.25, -0.2) is 0 Å². The highest BCUT2D eigenvalue weighted by Gasteiger charge is 2.58. The Bertz CT molecular complexity index is 723. The van der Waals surface area contributed by atoms with E-state index in [9.17, 15) is 13.2 Å². The van der Waals surface area contributed by atoms with Gasteiger partial charge in [0, 0.05) is 0 Å². The number of rotatable bonds is 2. The van der Waals surface area contributed by atoms with Gasteiger partial charge in [-0.2, -0.15) is 13.2 Å². The molecule has 0 aliphatic rings. The zero-order valence-electron chi connectivity index (χ0n) is 16.8. The Morgan fingerprint density at radius 3 is 1.15 bits per heavy atom. The van der Waals surface area contributed by atoms with Crippen molar-refractivity contribution in [3.8, 4) is 11.1 Å². The van der Waals surface area contributed by atoms with Crippen LogP contribution in [0.3, 0.4) is 0 Å². The molecule has 0 fully saturated rings. The Morgan fingerprint density at radius 2 is 0.885 bits per heavy atom. The molecule has 2 aromatic rings. The third-order valence-electron chi connectivity index (χ3n) is 5.61. The van der Waals surface area contributed by atoms with Crippen molar-refractivity contribution in [3.63, 3.8) is 0 Å². The van der Waals surface area contributed by atoms with Gasteiger partial charge in [0.05, 0.1) is 5.41 Å². The maximum absolute atomic E-state index is 13.9. The van der Waals surface area contributed by atoms with Crippen LogP contribution in [-0.2, 0) is 10.8 Å². The Hall–Kier alpha value is -1.77. The van der Waals surface area contributed by atoms with Crippen molar-refractivity contribution >= 4 is 0 Å². The van der Waals surface area contributed by atoms with E-state index in [2.05, 4.69) is 32.9 Å². The summed E-state index contributed by atoms with van der Waals surface area (Å²) in [5, 5.41) is 0. The molecule has 0 N–H and O–H groups in total. The average molecular weight is 362 g/mol. The first-order valence-electron chi connectivity index (χ1n) is 8.96. The predicted molar refractivity (Wildman–Crippen MR) is 103 cm³/mol. The highest BCUT2D eigenvalue weighted by Crippen LogP contribution is 2.52. The van der Waals surface area contributed by atoms with E-state index in [1.165, 1.54) is 12.5 Å². The van der Waals surface area contributed by atoms with E-state index >= 15 is 0 Å². The Kier molecular flexibility index (Phi) is 5.09. The summed E-state index contributed by atoms with van der Waals surface area (Å²) in [6.45, 7) is 12.7. The SMILES string of the molecule is CC(C)(C)c1ccc(-c2ccc(C(C)(C(C)(C)C)C(F)(F)F)cc2)cc1. The lowest BCUT2D eigenvalue weighted by atomic mass is 9.63. The van der Waals surface area contributed by atoms with Crippen LogP contribution in [0.25, 0.3) is 11.1 Å². The van der Waals surface area contributed by atoms with Gasteiger partial charge in [0.1, 0.15) is 0 Å². The van der Waals surface area contributed by atoms with Crippen molar-refractivity contribution in [1.82, 2.24) is 0 Å². The van der Waals surface area contributed by atoms with Crippen LogP contribution in [0.2, 0.25) is 0 Å². The fourth-order valence-corrected chi connectivity index (χ4v) is 3.18. The fourth-order valence-electron chi connectivity index (χ4n) is 3.18.